The Kier molecular flexibility index (Phi) is 6.22. The molecule has 1 rings (SSSR count). The van der Waals surface area contributed by atoms with E-state index >= 15 is 0 Å². The summed E-state index contributed by atoms with van der Waals surface area (Å²) in [6, 6.07) is 0.300. The van der Waals surface area contributed by atoms with Crippen molar-refractivity contribution in [3.8, 4) is 0 Å². The molecule has 0 atom stereocenters. The van der Waals surface area contributed by atoms with Crippen LogP contribution in [-0.4, -0.2) is 33.3 Å². The van der Waals surface area contributed by atoms with Crippen LogP contribution in [0.2, 0.25) is 0 Å². The molecular formula is C14H15F6NO4S. The normalized spacial score (nSPS) is 13.0. The minimum Gasteiger partial charge on any atom is -0.462 e. The maximum atomic E-state index is 12.9. The van der Waals surface area contributed by atoms with E-state index in [2.05, 4.69) is 0 Å². The molecule has 26 heavy (non-hydrogen) atoms. The second-order valence-corrected chi connectivity index (χ2v) is 7.48. The molecule has 0 amide bonds. The molecule has 0 saturated carbocycles. The molecule has 0 spiro atoms. The lowest BCUT2D eigenvalue weighted by atomic mass is 10.1. The van der Waals surface area contributed by atoms with Crippen LogP contribution in [0.3, 0.4) is 0 Å². The zero-order valence-electron chi connectivity index (χ0n) is 13.8. The van der Waals surface area contributed by atoms with E-state index in [1.54, 1.807) is 0 Å². The van der Waals surface area contributed by atoms with Crippen molar-refractivity contribution in [1.29, 1.82) is 0 Å². The SMILES string of the molecule is CC(C)OC(=O)CN(c1cc(C(F)(F)F)cc(C(F)(F)F)c1)S(C)(=O)=O. The van der Waals surface area contributed by atoms with Crippen LogP contribution in [-0.2, 0) is 31.9 Å². The quantitative estimate of drug-likeness (QED) is 0.554. The van der Waals surface area contributed by atoms with Gasteiger partial charge in [-0.15, -0.1) is 0 Å². The fraction of sp³-hybridized carbons (Fsp3) is 0.500. The number of hydrogen-bond donors (Lipinski definition) is 0. The molecule has 1 aromatic carbocycles. The summed E-state index contributed by atoms with van der Waals surface area (Å²) in [6.45, 7) is 1.80. The number of nitrogens with zero attached hydrogens (tertiary/aromatic N) is 1. The fourth-order valence-electron chi connectivity index (χ4n) is 1.90. The minimum atomic E-state index is -5.16. The van der Waals surface area contributed by atoms with E-state index in [4.69, 9.17) is 4.74 Å². The molecule has 0 N–H and O–H groups in total. The molecule has 0 bridgehead atoms. The van der Waals surface area contributed by atoms with Gasteiger partial charge in [-0.1, -0.05) is 0 Å². The Morgan fingerprint density at radius 3 is 1.77 bits per heavy atom. The molecule has 1 aromatic rings. The molecule has 0 aromatic heterocycles. The van der Waals surface area contributed by atoms with Gasteiger partial charge in [-0.2, -0.15) is 26.3 Å². The average Bonchev–Trinajstić information content (AvgIpc) is 2.40. The monoisotopic (exact) mass is 407 g/mol. The molecule has 5 nitrogen and oxygen atoms in total. The lowest BCUT2D eigenvalue weighted by molar-refractivity contribution is -0.145. The third kappa shape index (κ3) is 6.07. The summed E-state index contributed by atoms with van der Waals surface area (Å²) in [5.74, 6) is -1.13. The van der Waals surface area contributed by atoms with E-state index in [0.29, 0.717) is 6.26 Å². The topological polar surface area (TPSA) is 63.7 Å². The smallest absolute Gasteiger partial charge is 0.416 e. The van der Waals surface area contributed by atoms with Gasteiger partial charge >= 0.3 is 18.3 Å². The first-order chi connectivity index (χ1) is 11.5. The Morgan fingerprint density at radius 2 is 1.46 bits per heavy atom. The number of alkyl halides is 6. The van der Waals surface area contributed by atoms with Gasteiger partial charge in [0, 0.05) is 0 Å². The van der Waals surface area contributed by atoms with E-state index in [1.165, 1.54) is 13.8 Å². The lowest BCUT2D eigenvalue weighted by Gasteiger charge is -2.24. The van der Waals surface area contributed by atoms with Crippen molar-refractivity contribution in [3.63, 3.8) is 0 Å². The largest absolute Gasteiger partial charge is 0.462 e. The predicted octanol–water partition coefficient (Wildman–Crippen LogP) is 3.44. The number of sulfonamides is 1. The van der Waals surface area contributed by atoms with Crippen LogP contribution in [0.25, 0.3) is 0 Å². The molecule has 0 saturated heterocycles. The Morgan fingerprint density at radius 1 is 1.04 bits per heavy atom. The van der Waals surface area contributed by atoms with E-state index in [-0.39, 0.29) is 22.5 Å². The van der Waals surface area contributed by atoms with Crippen molar-refractivity contribution in [2.24, 2.45) is 0 Å². The van der Waals surface area contributed by atoms with Crippen LogP contribution in [0.1, 0.15) is 25.0 Å². The predicted molar refractivity (Wildman–Crippen MR) is 79.9 cm³/mol. The Balaban J connectivity index is 3.52. The molecular weight excluding hydrogens is 392 g/mol. The molecule has 0 heterocycles. The second kappa shape index (κ2) is 7.33. The first-order valence-corrected chi connectivity index (χ1v) is 8.83. The van der Waals surface area contributed by atoms with Gasteiger partial charge in [-0.3, -0.25) is 9.10 Å². The van der Waals surface area contributed by atoms with Crippen molar-refractivity contribution in [1.82, 2.24) is 0 Å². The van der Waals surface area contributed by atoms with Crippen LogP contribution in [0, 0.1) is 0 Å². The van der Waals surface area contributed by atoms with Crippen molar-refractivity contribution < 1.29 is 44.3 Å². The highest BCUT2D eigenvalue weighted by atomic mass is 32.2. The van der Waals surface area contributed by atoms with Crippen LogP contribution in [0.15, 0.2) is 18.2 Å². The highest BCUT2D eigenvalue weighted by Gasteiger charge is 2.38. The zero-order valence-corrected chi connectivity index (χ0v) is 14.6. The summed E-state index contributed by atoms with van der Waals surface area (Å²) < 4.78 is 106. The molecule has 148 valence electrons. The van der Waals surface area contributed by atoms with Gasteiger partial charge in [-0.25, -0.2) is 8.42 Å². The van der Waals surface area contributed by atoms with Crippen LogP contribution < -0.4 is 4.31 Å². The van der Waals surface area contributed by atoms with Crippen LogP contribution >= 0.6 is 0 Å². The van der Waals surface area contributed by atoms with Crippen molar-refractivity contribution in [2.75, 3.05) is 17.1 Å². The standard InChI is InChI=1S/C14H15F6NO4S/c1-8(2)25-12(22)7-21(26(3,23)24)11-5-9(13(15,16)17)4-10(6-11)14(18,19)20/h4-6,8H,7H2,1-3H3. The number of esters is 1. The summed E-state index contributed by atoms with van der Waals surface area (Å²) in [5.41, 5.74) is -4.35. The van der Waals surface area contributed by atoms with Crippen molar-refractivity contribution >= 4 is 21.7 Å². The van der Waals surface area contributed by atoms with Gasteiger partial charge < -0.3 is 4.74 Å². The highest BCUT2D eigenvalue weighted by molar-refractivity contribution is 7.92. The molecule has 0 aliphatic heterocycles. The first kappa shape index (κ1) is 22.1. The summed E-state index contributed by atoms with van der Waals surface area (Å²) >= 11 is 0. The third-order valence-corrected chi connectivity index (χ3v) is 4.04. The number of anilines is 1. The molecule has 0 unspecified atom stereocenters. The maximum Gasteiger partial charge on any atom is 0.416 e. The van der Waals surface area contributed by atoms with E-state index < -0.39 is 57.8 Å². The molecule has 0 radical (unpaired) electrons. The highest BCUT2D eigenvalue weighted by Crippen LogP contribution is 2.38. The first-order valence-electron chi connectivity index (χ1n) is 6.98. The van der Waals surface area contributed by atoms with Crippen LogP contribution in [0.4, 0.5) is 32.0 Å². The average molecular weight is 407 g/mol. The van der Waals surface area contributed by atoms with Gasteiger partial charge in [0.25, 0.3) is 0 Å². The third-order valence-electron chi connectivity index (χ3n) is 2.90. The molecule has 0 aliphatic rings. The molecule has 0 fully saturated rings. The van der Waals surface area contributed by atoms with Crippen molar-refractivity contribution in [2.45, 2.75) is 32.3 Å². The van der Waals surface area contributed by atoms with E-state index in [9.17, 15) is 39.6 Å². The summed E-state index contributed by atoms with van der Waals surface area (Å²) in [4.78, 5) is 11.7. The van der Waals surface area contributed by atoms with Gasteiger partial charge in [0.15, 0.2) is 0 Å². The van der Waals surface area contributed by atoms with Crippen molar-refractivity contribution in [3.05, 3.63) is 29.3 Å². The molecule has 12 heteroatoms. The van der Waals surface area contributed by atoms with Gasteiger partial charge in [0.2, 0.25) is 10.0 Å². The Labute approximate surface area is 145 Å². The van der Waals surface area contributed by atoms with Crippen LogP contribution in [0.5, 0.6) is 0 Å². The number of carbonyl (C=O) groups excluding carboxylic acids is 1. The molecule has 0 aliphatic carbocycles. The summed E-state index contributed by atoms with van der Waals surface area (Å²) in [5, 5.41) is 0. The van der Waals surface area contributed by atoms with E-state index in [0.717, 1.165) is 0 Å². The lowest BCUT2D eigenvalue weighted by Crippen LogP contribution is -2.36. The number of rotatable bonds is 5. The number of benzene rings is 1. The second-order valence-electron chi connectivity index (χ2n) is 5.57. The number of hydrogen-bond acceptors (Lipinski definition) is 4. The zero-order chi connectivity index (χ0) is 20.5. The maximum absolute atomic E-state index is 12.9. The van der Waals surface area contributed by atoms with Gasteiger partial charge in [0.05, 0.1) is 29.2 Å². The van der Waals surface area contributed by atoms with Gasteiger partial charge in [-0.05, 0) is 32.0 Å². The number of halogens is 6. The fourth-order valence-corrected chi connectivity index (χ4v) is 2.73. The van der Waals surface area contributed by atoms with E-state index in [1.807, 2.05) is 0 Å². The number of ether oxygens (including phenoxy) is 1. The summed E-state index contributed by atoms with van der Waals surface area (Å²) in [6.07, 6.45) is -10.4. The number of carbonyl (C=O) groups is 1. The Hall–Kier alpha value is -1.98. The minimum absolute atomic E-state index is 0.127. The summed E-state index contributed by atoms with van der Waals surface area (Å²) in [7, 11) is -4.38. The Bertz CT molecular complexity index is 738. The van der Waals surface area contributed by atoms with Gasteiger partial charge in [0.1, 0.15) is 6.54 Å².